The lowest BCUT2D eigenvalue weighted by molar-refractivity contribution is 0.101. The molecule has 148 valence electrons. The van der Waals surface area contributed by atoms with Crippen molar-refractivity contribution in [3.8, 4) is 17.2 Å². The van der Waals surface area contributed by atoms with Crippen LogP contribution in [0.15, 0.2) is 42.3 Å². The molecule has 5 rings (SSSR count). The van der Waals surface area contributed by atoms with E-state index >= 15 is 0 Å². The Labute approximate surface area is 167 Å². The van der Waals surface area contributed by atoms with E-state index in [2.05, 4.69) is 15.2 Å². The van der Waals surface area contributed by atoms with E-state index in [1.807, 2.05) is 6.07 Å². The van der Waals surface area contributed by atoms with Gasteiger partial charge >= 0.3 is 0 Å². The highest BCUT2D eigenvalue weighted by Gasteiger charge is 2.32. The van der Waals surface area contributed by atoms with Crippen LogP contribution in [0.4, 0.5) is 0 Å². The highest BCUT2D eigenvalue weighted by molar-refractivity contribution is 6.15. The van der Waals surface area contributed by atoms with Gasteiger partial charge in [0.25, 0.3) is 0 Å². The molecule has 0 atom stereocenters. The summed E-state index contributed by atoms with van der Waals surface area (Å²) in [6.07, 6.45) is 3.36. The van der Waals surface area contributed by atoms with Gasteiger partial charge in [0, 0.05) is 55.4 Å². The Morgan fingerprint density at radius 1 is 1.10 bits per heavy atom. The number of nitrogens with one attached hydrogen (secondary N) is 2. The predicted octanol–water partition coefficient (Wildman–Crippen LogP) is 2.60. The number of ketones is 1. The summed E-state index contributed by atoms with van der Waals surface area (Å²) in [5, 5.41) is 24.6. The van der Waals surface area contributed by atoms with Crippen LogP contribution in [-0.2, 0) is 6.54 Å². The molecule has 3 aromatic rings. The van der Waals surface area contributed by atoms with Gasteiger partial charge in [0.1, 0.15) is 17.2 Å². The first-order valence-electron chi connectivity index (χ1n) is 9.63. The maximum Gasteiger partial charge on any atom is 0.231 e. The molecule has 0 bridgehead atoms. The Bertz CT molecular complexity index is 1140. The topological polar surface area (TPSA) is 97.8 Å². The van der Waals surface area contributed by atoms with Gasteiger partial charge < -0.3 is 25.3 Å². The number of piperazine rings is 1. The largest absolute Gasteiger partial charge is 0.507 e. The minimum Gasteiger partial charge on any atom is -0.507 e. The lowest BCUT2D eigenvalue weighted by Gasteiger charge is -2.27. The quantitative estimate of drug-likeness (QED) is 0.513. The first kappa shape index (κ1) is 17.8. The molecule has 1 aromatic heterocycles. The number of phenols is 2. The normalized spacial score (nSPS) is 18.3. The van der Waals surface area contributed by atoms with Gasteiger partial charge in [-0.2, -0.15) is 0 Å². The van der Waals surface area contributed by atoms with Gasteiger partial charge in [-0.25, -0.2) is 0 Å². The minimum atomic E-state index is -0.230. The van der Waals surface area contributed by atoms with E-state index in [0.717, 1.165) is 31.7 Å². The summed E-state index contributed by atoms with van der Waals surface area (Å²) in [7, 11) is 0. The van der Waals surface area contributed by atoms with E-state index in [1.165, 1.54) is 0 Å². The standard InChI is InChI=1S/C22H21N3O4/c26-17-5-4-14-21(28)19(10-13-11-24-16-2-1-3-18(27)20(13)16)29-22(14)15(17)12-25-8-6-23-7-9-25/h1-5,10-11,23-24,26-27H,6-9,12H2. The fourth-order valence-corrected chi connectivity index (χ4v) is 3.99. The van der Waals surface area contributed by atoms with Crippen molar-refractivity contribution in [2.75, 3.05) is 26.2 Å². The number of rotatable bonds is 3. The molecule has 2 aromatic carbocycles. The number of aromatic nitrogens is 1. The van der Waals surface area contributed by atoms with E-state index < -0.39 is 0 Å². The Hall–Kier alpha value is -3.29. The predicted molar refractivity (Wildman–Crippen MR) is 109 cm³/mol. The number of nitrogens with zero attached hydrogens (tertiary/aromatic N) is 1. The van der Waals surface area contributed by atoms with Crippen LogP contribution in [0.5, 0.6) is 17.2 Å². The van der Waals surface area contributed by atoms with Crippen LogP contribution >= 0.6 is 0 Å². The van der Waals surface area contributed by atoms with Crippen LogP contribution in [0.1, 0.15) is 21.5 Å². The van der Waals surface area contributed by atoms with Crippen LogP contribution in [0.2, 0.25) is 0 Å². The number of fused-ring (bicyclic) bond motifs is 2. The number of carbonyl (C=O) groups is 1. The summed E-state index contributed by atoms with van der Waals surface area (Å²) < 4.78 is 5.95. The summed E-state index contributed by atoms with van der Waals surface area (Å²) in [6, 6.07) is 8.36. The highest BCUT2D eigenvalue weighted by Crippen LogP contribution is 2.41. The van der Waals surface area contributed by atoms with E-state index in [-0.39, 0.29) is 23.0 Å². The number of hydrogen-bond donors (Lipinski definition) is 4. The molecule has 7 heteroatoms. The molecule has 0 saturated carbocycles. The van der Waals surface area contributed by atoms with Crippen molar-refractivity contribution in [2.45, 2.75) is 6.54 Å². The number of ether oxygens (including phenoxy) is 1. The van der Waals surface area contributed by atoms with Crippen LogP contribution in [-0.4, -0.2) is 52.1 Å². The van der Waals surface area contributed by atoms with Gasteiger partial charge in [-0.3, -0.25) is 9.69 Å². The van der Waals surface area contributed by atoms with E-state index in [0.29, 0.717) is 34.4 Å². The fraction of sp³-hybridized carbons (Fsp3) is 0.227. The number of allylic oxidation sites excluding steroid dienone is 1. The summed E-state index contributed by atoms with van der Waals surface area (Å²) in [4.78, 5) is 18.2. The van der Waals surface area contributed by atoms with Crippen LogP contribution in [0.25, 0.3) is 17.0 Å². The van der Waals surface area contributed by atoms with E-state index in [1.54, 1.807) is 36.5 Å². The zero-order chi connectivity index (χ0) is 20.0. The average molecular weight is 391 g/mol. The maximum atomic E-state index is 12.9. The minimum absolute atomic E-state index is 0.126. The third-order valence-corrected chi connectivity index (χ3v) is 5.51. The van der Waals surface area contributed by atoms with Crippen molar-refractivity contribution in [1.82, 2.24) is 15.2 Å². The average Bonchev–Trinajstić information content (AvgIpc) is 3.28. The van der Waals surface area contributed by atoms with Crippen molar-refractivity contribution in [2.24, 2.45) is 0 Å². The molecular weight excluding hydrogens is 370 g/mol. The lowest BCUT2D eigenvalue weighted by atomic mass is 10.0. The summed E-state index contributed by atoms with van der Waals surface area (Å²) in [5.41, 5.74) is 2.52. The number of carbonyl (C=O) groups excluding carboxylic acids is 1. The SMILES string of the molecule is O=C1C(=Cc2c[nH]c3cccc(O)c23)Oc2c1ccc(O)c2CN1CCNCC1. The van der Waals surface area contributed by atoms with Crippen LogP contribution < -0.4 is 10.1 Å². The molecule has 1 saturated heterocycles. The van der Waals surface area contributed by atoms with Crippen molar-refractivity contribution in [3.63, 3.8) is 0 Å². The number of aromatic hydroxyl groups is 2. The fourth-order valence-electron chi connectivity index (χ4n) is 3.99. The smallest absolute Gasteiger partial charge is 0.231 e. The Balaban J connectivity index is 1.52. The second-order valence-electron chi connectivity index (χ2n) is 7.35. The first-order chi connectivity index (χ1) is 14.1. The summed E-state index contributed by atoms with van der Waals surface area (Å²) in [6.45, 7) is 4.05. The van der Waals surface area contributed by atoms with Crippen molar-refractivity contribution in [1.29, 1.82) is 0 Å². The molecule has 4 N–H and O–H groups in total. The van der Waals surface area contributed by atoms with Crippen LogP contribution in [0, 0.1) is 0 Å². The van der Waals surface area contributed by atoms with Gasteiger partial charge in [0.05, 0.1) is 11.1 Å². The number of H-pyrrole nitrogens is 1. The molecular formula is C22H21N3O4. The Morgan fingerprint density at radius 3 is 2.76 bits per heavy atom. The van der Waals surface area contributed by atoms with Gasteiger partial charge in [-0.15, -0.1) is 0 Å². The van der Waals surface area contributed by atoms with Gasteiger partial charge in [-0.05, 0) is 30.3 Å². The van der Waals surface area contributed by atoms with E-state index in [9.17, 15) is 15.0 Å². The zero-order valence-electron chi connectivity index (χ0n) is 15.7. The van der Waals surface area contributed by atoms with Gasteiger partial charge in [0.2, 0.25) is 5.78 Å². The monoisotopic (exact) mass is 391 g/mol. The first-order valence-corrected chi connectivity index (χ1v) is 9.63. The molecule has 2 aliphatic rings. The molecule has 0 spiro atoms. The molecule has 0 aliphatic carbocycles. The Kier molecular flexibility index (Phi) is 4.26. The second kappa shape index (κ2) is 6.95. The van der Waals surface area contributed by atoms with E-state index in [4.69, 9.17) is 4.74 Å². The summed E-state index contributed by atoms with van der Waals surface area (Å²) >= 11 is 0. The molecule has 0 amide bonds. The number of phenolic OH excluding ortho intramolecular Hbond substituents is 2. The second-order valence-corrected chi connectivity index (χ2v) is 7.35. The highest BCUT2D eigenvalue weighted by atomic mass is 16.5. The molecule has 0 radical (unpaired) electrons. The Morgan fingerprint density at radius 2 is 1.93 bits per heavy atom. The van der Waals surface area contributed by atoms with Gasteiger partial charge in [0.15, 0.2) is 5.76 Å². The third kappa shape index (κ3) is 3.04. The van der Waals surface area contributed by atoms with Crippen LogP contribution in [0.3, 0.4) is 0 Å². The molecule has 2 aliphatic heterocycles. The molecule has 0 unspecified atom stereocenters. The number of hydrogen-bond acceptors (Lipinski definition) is 6. The maximum absolute atomic E-state index is 12.9. The molecule has 7 nitrogen and oxygen atoms in total. The van der Waals surface area contributed by atoms with Gasteiger partial charge in [-0.1, -0.05) is 6.07 Å². The third-order valence-electron chi connectivity index (χ3n) is 5.51. The number of aromatic amines is 1. The summed E-state index contributed by atoms with van der Waals surface area (Å²) in [5.74, 6) is 0.628. The van der Waals surface area contributed by atoms with Crippen molar-refractivity contribution in [3.05, 3.63) is 59.0 Å². The zero-order valence-corrected chi connectivity index (χ0v) is 15.7. The van der Waals surface area contributed by atoms with Crippen molar-refractivity contribution >= 4 is 22.8 Å². The molecule has 1 fully saturated rings. The van der Waals surface area contributed by atoms with Crippen molar-refractivity contribution < 1.29 is 19.7 Å². The number of Topliss-reactive ketones (excluding diaryl/α,β-unsaturated/α-hetero) is 1. The lowest BCUT2D eigenvalue weighted by Crippen LogP contribution is -2.42. The number of benzene rings is 2. The molecule has 29 heavy (non-hydrogen) atoms. The molecule has 3 heterocycles.